The molecule has 0 heterocycles. The lowest BCUT2D eigenvalue weighted by Crippen LogP contribution is -2.19. The van der Waals surface area contributed by atoms with E-state index < -0.39 is 5.91 Å². The van der Waals surface area contributed by atoms with Crippen molar-refractivity contribution in [3.63, 3.8) is 0 Å². The van der Waals surface area contributed by atoms with Gasteiger partial charge < -0.3 is 10.1 Å². The topological polar surface area (TPSA) is 62.1 Å². The molecule has 17 heavy (non-hydrogen) atoms. The van der Waals surface area contributed by atoms with Gasteiger partial charge in [-0.25, -0.2) is 0 Å². The lowest BCUT2D eigenvalue weighted by Gasteiger charge is -2.03. The molecule has 5 heteroatoms. The van der Waals surface area contributed by atoms with Crippen LogP contribution >= 0.6 is 11.6 Å². The summed E-state index contributed by atoms with van der Waals surface area (Å²) in [7, 11) is 2.98. The summed E-state index contributed by atoms with van der Waals surface area (Å²) in [5, 5.41) is 11.6. The minimum atomic E-state index is -0.431. The summed E-state index contributed by atoms with van der Waals surface area (Å²) >= 11 is 5.93. The second-order valence-electron chi connectivity index (χ2n) is 3.14. The summed E-state index contributed by atoms with van der Waals surface area (Å²) in [4.78, 5) is 11.3. The van der Waals surface area contributed by atoms with Crippen LogP contribution in [0, 0.1) is 11.3 Å². The summed E-state index contributed by atoms with van der Waals surface area (Å²) in [6.07, 6.45) is 1.46. The number of nitrogens with zero attached hydrogens (tertiary/aromatic N) is 1. The first-order valence-electron chi connectivity index (χ1n) is 4.79. The summed E-state index contributed by atoms with van der Waals surface area (Å²) in [5.41, 5.74) is 0.685. The van der Waals surface area contributed by atoms with Crippen molar-refractivity contribution in [1.82, 2.24) is 5.32 Å². The molecule has 88 valence electrons. The Hall–Kier alpha value is -1.99. The van der Waals surface area contributed by atoms with E-state index in [1.807, 2.05) is 6.07 Å². The van der Waals surface area contributed by atoms with Crippen LogP contribution in [-0.2, 0) is 4.79 Å². The van der Waals surface area contributed by atoms with E-state index in [1.165, 1.54) is 20.2 Å². The Morgan fingerprint density at radius 2 is 2.29 bits per heavy atom. The third-order valence-corrected chi connectivity index (χ3v) is 2.37. The second-order valence-corrected chi connectivity index (χ2v) is 3.55. The number of halogens is 1. The van der Waals surface area contributed by atoms with Gasteiger partial charge in [0.2, 0.25) is 0 Å². The first-order chi connectivity index (χ1) is 8.12. The average molecular weight is 251 g/mol. The van der Waals surface area contributed by atoms with Gasteiger partial charge in [-0.05, 0) is 23.8 Å². The quantitative estimate of drug-likeness (QED) is 0.659. The maximum absolute atomic E-state index is 11.3. The standard InChI is InChI=1S/C12H11ClN2O2/c1-15-12(16)9(7-14)5-8-3-4-11(17-2)10(13)6-8/h3-6H,1-2H3,(H,15,16)/b9-5+. The van der Waals surface area contributed by atoms with Gasteiger partial charge in [0, 0.05) is 7.05 Å². The summed E-state index contributed by atoms with van der Waals surface area (Å²) in [6, 6.07) is 6.84. The molecule has 0 bridgehead atoms. The Morgan fingerprint density at radius 1 is 1.59 bits per heavy atom. The van der Waals surface area contributed by atoms with E-state index in [1.54, 1.807) is 18.2 Å². The minimum absolute atomic E-state index is 0.0220. The molecule has 0 fully saturated rings. The molecule has 0 radical (unpaired) electrons. The van der Waals surface area contributed by atoms with E-state index in [0.29, 0.717) is 16.3 Å². The number of nitriles is 1. The van der Waals surface area contributed by atoms with E-state index in [2.05, 4.69) is 5.32 Å². The average Bonchev–Trinajstić information content (AvgIpc) is 2.35. The van der Waals surface area contributed by atoms with Gasteiger partial charge in [0.05, 0.1) is 12.1 Å². The van der Waals surface area contributed by atoms with Crippen molar-refractivity contribution in [3.8, 4) is 11.8 Å². The number of carbonyl (C=O) groups is 1. The number of methoxy groups -OCH3 is 1. The van der Waals surface area contributed by atoms with E-state index in [-0.39, 0.29) is 5.57 Å². The van der Waals surface area contributed by atoms with Crippen LogP contribution in [0.15, 0.2) is 23.8 Å². The monoisotopic (exact) mass is 250 g/mol. The summed E-state index contributed by atoms with van der Waals surface area (Å²) < 4.78 is 5.00. The van der Waals surface area contributed by atoms with Gasteiger partial charge in [-0.15, -0.1) is 0 Å². The molecule has 0 unspecified atom stereocenters. The molecule has 0 atom stereocenters. The fourth-order valence-electron chi connectivity index (χ4n) is 1.22. The zero-order valence-corrected chi connectivity index (χ0v) is 10.2. The number of benzene rings is 1. The molecule has 0 aliphatic heterocycles. The van der Waals surface area contributed by atoms with Crippen molar-refractivity contribution in [3.05, 3.63) is 34.4 Å². The van der Waals surface area contributed by atoms with Gasteiger partial charge in [0.25, 0.3) is 5.91 Å². The van der Waals surface area contributed by atoms with Crippen LogP contribution in [0.5, 0.6) is 5.75 Å². The van der Waals surface area contributed by atoms with E-state index in [9.17, 15) is 4.79 Å². The van der Waals surface area contributed by atoms with Crippen LogP contribution in [0.2, 0.25) is 5.02 Å². The van der Waals surface area contributed by atoms with Gasteiger partial charge >= 0.3 is 0 Å². The molecule has 0 aromatic heterocycles. The predicted octanol–water partition coefficient (Wildman–Crippen LogP) is 2.00. The predicted molar refractivity (Wildman–Crippen MR) is 65.7 cm³/mol. The fraction of sp³-hybridized carbons (Fsp3) is 0.167. The second kappa shape index (κ2) is 5.92. The fourth-order valence-corrected chi connectivity index (χ4v) is 1.49. The van der Waals surface area contributed by atoms with Crippen LogP contribution < -0.4 is 10.1 Å². The van der Waals surface area contributed by atoms with Crippen molar-refractivity contribution >= 4 is 23.6 Å². The molecule has 0 aliphatic rings. The van der Waals surface area contributed by atoms with Crippen LogP contribution in [0.3, 0.4) is 0 Å². The lowest BCUT2D eigenvalue weighted by molar-refractivity contribution is -0.116. The molecule has 0 saturated carbocycles. The first kappa shape index (κ1) is 13.1. The third-order valence-electron chi connectivity index (χ3n) is 2.08. The zero-order valence-electron chi connectivity index (χ0n) is 9.45. The molecule has 1 amide bonds. The number of hydrogen-bond acceptors (Lipinski definition) is 3. The molecular formula is C12H11ClN2O2. The van der Waals surface area contributed by atoms with Crippen LogP contribution in [-0.4, -0.2) is 20.1 Å². The Bertz CT molecular complexity index is 504. The van der Waals surface area contributed by atoms with Crippen LogP contribution in [0.4, 0.5) is 0 Å². The van der Waals surface area contributed by atoms with E-state index in [0.717, 1.165) is 0 Å². The van der Waals surface area contributed by atoms with Gasteiger partial charge in [-0.1, -0.05) is 17.7 Å². The Morgan fingerprint density at radius 3 is 2.76 bits per heavy atom. The highest BCUT2D eigenvalue weighted by molar-refractivity contribution is 6.32. The van der Waals surface area contributed by atoms with Crippen molar-refractivity contribution in [2.45, 2.75) is 0 Å². The van der Waals surface area contributed by atoms with E-state index >= 15 is 0 Å². The van der Waals surface area contributed by atoms with Gasteiger partial charge in [-0.2, -0.15) is 5.26 Å². The molecule has 1 aromatic carbocycles. The number of hydrogen-bond donors (Lipinski definition) is 1. The smallest absolute Gasteiger partial charge is 0.261 e. The Labute approximate surface area is 104 Å². The van der Waals surface area contributed by atoms with Crippen molar-refractivity contribution in [2.75, 3.05) is 14.2 Å². The number of rotatable bonds is 3. The molecule has 1 N–H and O–H groups in total. The number of carbonyl (C=O) groups excluding carboxylic acids is 1. The van der Waals surface area contributed by atoms with Crippen molar-refractivity contribution < 1.29 is 9.53 Å². The maximum atomic E-state index is 11.3. The van der Waals surface area contributed by atoms with Crippen molar-refractivity contribution in [2.24, 2.45) is 0 Å². The highest BCUT2D eigenvalue weighted by Crippen LogP contribution is 2.25. The molecule has 1 rings (SSSR count). The SMILES string of the molecule is CNC(=O)/C(C#N)=C/c1ccc(OC)c(Cl)c1. The Balaban J connectivity index is 3.10. The summed E-state index contributed by atoms with van der Waals surface area (Å²) in [6.45, 7) is 0. The normalized spacial score (nSPS) is 10.6. The summed E-state index contributed by atoms with van der Waals surface area (Å²) in [5.74, 6) is 0.113. The highest BCUT2D eigenvalue weighted by atomic mass is 35.5. The number of amides is 1. The molecule has 0 aliphatic carbocycles. The third kappa shape index (κ3) is 3.23. The largest absolute Gasteiger partial charge is 0.495 e. The minimum Gasteiger partial charge on any atom is -0.495 e. The van der Waals surface area contributed by atoms with Crippen LogP contribution in [0.25, 0.3) is 6.08 Å². The molecular weight excluding hydrogens is 240 g/mol. The molecule has 0 saturated heterocycles. The van der Waals surface area contributed by atoms with Gasteiger partial charge in [0.15, 0.2) is 0 Å². The highest BCUT2D eigenvalue weighted by Gasteiger charge is 2.07. The Kier molecular flexibility index (Phi) is 4.56. The lowest BCUT2D eigenvalue weighted by atomic mass is 10.1. The van der Waals surface area contributed by atoms with Crippen molar-refractivity contribution in [1.29, 1.82) is 5.26 Å². The molecule has 1 aromatic rings. The van der Waals surface area contributed by atoms with Crippen LogP contribution in [0.1, 0.15) is 5.56 Å². The molecule has 4 nitrogen and oxygen atoms in total. The van der Waals surface area contributed by atoms with Gasteiger partial charge in [-0.3, -0.25) is 4.79 Å². The first-order valence-corrected chi connectivity index (χ1v) is 5.17. The van der Waals surface area contributed by atoms with Gasteiger partial charge in [0.1, 0.15) is 17.4 Å². The maximum Gasteiger partial charge on any atom is 0.261 e. The number of likely N-dealkylation sites (N-methyl/N-ethyl adjacent to an activating group) is 1. The molecule has 0 spiro atoms. The van der Waals surface area contributed by atoms with E-state index in [4.69, 9.17) is 21.6 Å². The number of nitrogens with one attached hydrogen (secondary N) is 1. The number of ether oxygens (including phenoxy) is 1. The zero-order chi connectivity index (χ0) is 12.8.